The summed E-state index contributed by atoms with van der Waals surface area (Å²) in [6.45, 7) is 7.59. The summed E-state index contributed by atoms with van der Waals surface area (Å²) in [6, 6.07) is 0. The fourth-order valence-corrected chi connectivity index (χ4v) is 0.562. The van der Waals surface area contributed by atoms with E-state index in [0.29, 0.717) is 0 Å². The Morgan fingerprint density at radius 1 is 1.29 bits per heavy atom. The van der Waals surface area contributed by atoms with Crippen molar-refractivity contribution in [3.8, 4) is 0 Å². The van der Waals surface area contributed by atoms with Crippen LogP contribution in [0.5, 0.6) is 0 Å². The summed E-state index contributed by atoms with van der Waals surface area (Å²) >= 11 is 0. The van der Waals surface area contributed by atoms with Gasteiger partial charge in [-0.25, -0.2) is 0 Å². The summed E-state index contributed by atoms with van der Waals surface area (Å²) in [4.78, 5) is 23.2. The third-order valence-corrected chi connectivity index (χ3v) is 0.941. The van der Waals surface area contributed by atoms with Crippen LogP contribution >= 0.6 is 0 Å². The fraction of sp³-hybridized carbons (Fsp3) is 0.111. The van der Waals surface area contributed by atoms with Gasteiger partial charge in [0.1, 0.15) is 13.6 Å². The first-order chi connectivity index (χ1) is 6.43. The maximum atomic E-state index is 8.00. The third kappa shape index (κ3) is 17.0. The van der Waals surface area contributed by atoms with Gasteiger partial charge in [0.15, 0.2) is 0 Å². The number of carbonyl (C=O) groups is 2. The second-order valence-electron chi connectivity index (χ2n) is 1.44. The topological polar surface area (TPSA) is 73.5 Å². The van der Waals surface area contributed by atoms with Gasteiger partial charge in [-0.3, -0.25) is 0 Å². The van der Waals surface area contributed by atoms with E-state index in [2.05, 4.69) is 18.7 Å². The van der Waals surface area contributed by atoms with Crippen molar-refractivity contribution in [2.24, 2.45) is 0 Å². The average molecular weight is 233 g/mol. The maximum absolute atomic E-state index is 8.00. The maximum Gasteiger partial charge on any atom is 2.00 e. The summed E-state index contributed by atoms with van der Waals surface area (Å²) in [5.74, 6) is 0. The molecule has 5 heteroatoms. The number of hydrogen-bond donors (Lipinski definition) is 0. The largest absolute Gasteiger partial charge is 2.00 e. The first-order valence-corrected chi connectivity index (χ1v) is 3.09. The molecule has 0 unspecified atom stereocenters. The fourth-order valence-electron chi connectivity index (χ4n) is 0.562. The first kappa shape index (κ1) is 23.0. The molecule has 1 rings (SSSR count). The molecule has 0 spiro atoms. The van der Waals surface area contributed by atoms with Gasteiger partial charge in [0.2, 0.25) is 0 Å². The van der Waals surface area contributed by atoms with Crippen molar-refractivity contribution < 1.29 is 27.0 Å². The molecule has 1 aliphatic carbocycles. The van der Waals surface area contributed by atoms with Crippen LogP contribution in [0.4, 0.5) is 0 Å². The van der Waals surface area contributed by atoms with Crippen molar-refractivity contribution in [2.45, 2.75) is 6.42 Å². The van der Waals surface area contributed by atoms with Gasteiger partial charge in [0.05, 0.1) is 0 Å². The summed E-state index contributed by atoms with van der Waals surface area (Å²) in [5, 5.41) is 0. The second kappa shape index (κ2) is 29.8. The summed E-state index contributed by atoms with van der Waals surface area (Å²) in [5.41, 5.74) is 6.88. The standard InChI is InChI=1S/C7H7.2CH2O.Cr.NO/c1-2-7-5-3-4-6-7;2*1-2;;1-2/h2-3,5H,1,4H2;2*1H2;;/q-1;;;+2;-1. The number of nitrogens with zero attached hydrogens (tertiary/aromatic N) is 1. The van der Waals surface area contributed by atoms with Crippen LogP contribution in [-0.4, -0.2) is 13.6 Å². The van der Waals surface area contributed by atoms with E-state index >= 15 is 0 Å². The summed E-state index contributed by atoms with van der Waals surface area (Å²) in [7, 11) is 0. The molecule has 0 atom stereocenters. The molecule has 0 amide bonds. The molecule has 0 aromatic carbocycles. The number of carbonyl (C=O) groups excluding carboxylic acids is 2. The Bertz CT molecular complexity index is 176. The molecular weight excluding hydrogens is 222 g/mol. The van der Waals surface area contributed by atoms with Crippen LogP contribution in [0.3, 0.4) is 0 Å². The van der Waals surface area contributed by atoms with E-state index in [-0.39, 0.29) is 17.4 Å². The Labute approximate surface area is 94.3 Å². The van der Waals surface area contributed by atoms with E-state index in [4.69, 9.17) is 20.1 Å². The molecule has 0 radical (unpaired) electrons. The Kier molecular flexibility index (Phi) is 49.0. The molecule has 0 fully saturated rings. The van der Waals surface area contributed by atoms with Gasteiger partial charge in [-0.2, -0.15) is 30.4 Å². The molecule has 0 bridgehead atoms. The van der Waals surface area contributed by atoms with E-state index in [1.807, 2.05) is 25.7 Å². The van der Waals surface area contributed by atoms with Crippen molar-refractivity contribution in [1.29, 1.82) is 0 Å². The number of allylic oxidation sites excluding steroid dienone is 5. The third-order valence-electron chi connectivity index (χ3n) is 0.941. The SMILES string of the molecule is C=CC1=[C-]CC=C1.C=O.C=O.[Cr+2].[N-]=O. The number of nitroso groups, excluding NO2 is 1. The zero-order valence-electron chi connectivity index (χ0n) is 7.64. The quantitative estimate of drug-likeness (QED) is 0.648. The first-order valence-electron chi connectivity index (χ1n) is 3.09. The van der Waals surface area contributed by atoms with Gasteiger partial charge in [0.25, 0.3) is 0 Å². The minimum atomic E-state index is 0. The average Bonchev–Trinajstić information content (AvgIpc) is 2.79. The molecule has 0 aromatic rings. The molecule has 1 aliphatic rings. The second-order valence-corrected chi connectivity index (χ2v) is 1.44. The van der Waals surface area contributed by atoms with Crippen LogP contribution in [0.1, 0.15) is 6.42 Å². The van der Waals surface area contributed by atoms with Gasteiger partial charge in [-0.15, -0.1) is 6.08 Å². The molecule has 0 aromatic heterocycles. The Hall–Kier alpha value is -1.31. The predicted octanol–water partition coefficient (Wildman–Crippen LogP) is 1.81. The molecule has 0 saturated carbocycles. The van der Waals surface area contributed by atoms with E-state index in [1.54, 1.807) is 0 Å². The molecule has 14 heavy (non-hydrogen) atoms. The van der Waals surface area contributed by atoms with Crippen molar-refractivity contribution in [2.75, 3.05) is 0 Å². The number of hydrogen-bond acceptors (Lipinski definition) is 3. The van der Waals surface area contributed by atoms with Crippen molar-refractivity contribution in [1.82, 2.24) is 0 Å². The Morgan fingerprint density at radius 2 is 1.71 bits per heavy atom. The zero-order valence-corrected chi connectivity index (χ0v) is 8.92. The van der Waals surface area contributed by atoms with Crippen LogP contribution in [0, 0.1) is 11.0 Å². The smallest absolute Gasteiger partial charge is 0.577 e. The van der Waals surface area contributed by atoms with Crippen LogP contribution in [-0.2, 0) is 27.0 Å². The molecule has 4 nitrogen and oxygen atoms in total. The minimum absolute atomic E-state index is 0. The van der Waals surface area contributed by atoms with Gasteiger partial charge >= 0.3 is 17.4 Å². The number of rotatable bonds is 1. The minimum Gasteiger partial charge on any atom is -0.577 e. The predicted molar refractivity (Wildman–Crippen MR) is 51.7 cm³/mol. The molecule has 0 N–H and O–H groups in total. The van der Waals surface area contributed by atoms with Crippen molar-refractivity contribution in [3.63, 3.8) is 0 Å². The van der Waals surface area contributed by atoms with E-state index in [0.717, 1.165) is 12.0 Å². The Morgan fingerprint density at radius 3 is 1.86 bits per heavy atom. The zero-order chi connectivity index (χ0) is 11.1. The summed E-state index contributed by atoms with van der Waals surface area (Å²) < 4.78 is 0. The molecule has 0 aliphatic heterocycles. The molecule has 76 valence electrons. The van der Waals surface area contributed by atoms with E-state index in [9.17, 15) is 0 Å². The van der Waals surface area contributed by atoms with E-state index < -0.39 is 0 Å². The normalized spacial score (nSPS) is 9.29. The molecular formula is C9H11CrNO3. The van der Waals surface area contributed by atoms with E-state index in [1.165, 1.54) is 0 Å². The molecule has 0 saturated heterocycles. The van der Waals surface area contributed by atoms with Crippen LogP contribution < -0.4 is 0 Å². The van der Waals surface area contributed by atoms with Gasteiger partial charge in [-0.1, -0.05) is 6.42 Å². The van der Waals surface area contributed by atoms with Gasteiger partial charge < -0.3 is 20.1 Å². The van der Waals surface area contributed by atoms with Crippen molar-refractivity contribution in [3.05, 3.63) is 47.0 Å². The van der Waals surface area contributed by atoms with Crippen LogP contribution in [0.2, 0.25) is 0 Å². The van der Waals surface area contributed by atoms with Crippen LogP contribution in [0.25, 0.3) is 5.59 Å². The Balaban J connectivity index is -0.0000000625. The van der Waals surface area contributed by atoms with Gasteiger partial charge in [0, 0.05) is 0 Å². The monoisotopic (exact) mass is 233 g/mol. The van der Waals surface area contributed by atoms with Crippen LogP contribution in [0.15, 0.2) is 30.4 Å². The summed E-state index contributed by atoms with van der Waals surface area (Å²) in [6.07, 6.45) is 9.95. The molecule has 0 heterocycles. The van der Waals surface area contributed by atoms with Gasteiger partial charge in [-0.05, 0) is 0 Å². The van der Waals surface area contributed by atoms with Crippen molar-refractivity contribution >= 4 is 13.6 Å².